The molecule has 0 radical (unpaired) electrons. The van der Waals surface area contributed by atoms with E-state index in [2.05, 4.69) is 29.4 Å². The number of hydrogen-bond donors (Lipinski definition) is 1. The Morgan fingerprint density at radius 2 is 1.83 bits per heavy atom. The van der Waals surface area contributed by atoms with Crippen LogP contribution in [0.2, 0.25) is 0 Å². The molecule has 23 heavy (non-hydrogen) atoms. The van der Waals surface area contributed by atoms with Gasteiger partial charge in [0.1, 0.15) is 5.82 Å². The first kappa shape index (κ1) is 17.7. The molecule has 0 aliphatic rings. The molecule has 1 aromatic carbocycles. The zero-order valence-corrected chi connectivity index (χ0v) is 14.2. The van der Waals surface area contributed by atoms with Crippen LogP contribution in [0, 0.1) is 11.7 Å². The van der Waals surface area contributed by atoms with Gasteiger partial charge in [-0.05, 0) is 31.0 Å². The van der Waals surface area contributed by atoms with Crippen molar-refractivity contribution in [1.29, 1.82) is 0 Å². The summed E-state index contributed by atoms with van der Waals surface area (Å²) < 4.78 is 15.9. The summed E-state index contributed by atoms with van der Waals surface area (Å²) in [7, 11) is 0. The molecular weight excluding hydrogens is 291 g/mol. The molecule has 1 heterocycles. The van der Waals surface area contributed by atoms with Crippen molar-refractivity contribution in [2.24, 2.45) is 5.92 Å². The number of hydrogen-bond acceptors (Lipinski definition) is 2. The molecular formula is C19H27FN2O. The smallest absolute Gasteiger partial charge is 0.128 e. The maximum absolute atomic E-state index is 13.9. The molecule has 0 spiro atoms. The molecule has 1 aromatic heterocycles. The summed E-state index contributed by atoms with van der Waals surface area (Å²) in [4.78, 5) is 2.25. The Kier molecular flexibility index (Phi) is 6.37. The van der Waals surface area contributed by atoms with Gasteiger partial charge in [-0.2, -0.15) is 0 Å². The van der Waals surface area contributed by atoms with Crippen LogP contribution >= 0.6 is 0 Å². The molecule has 0 amide bonds. The van der Waals surface area contributed by atoms with E-state index in [0.717, 1.165) is 18.8 Å². The number of aliphatic hydroxyl groups excluding tert-OH is 1. The molecule has 2 aromatic rings. The van der Waals surface area contributed by atoms with Crippen LogP contribution in [0.5, 0.6) is 0 Å². The topological polar surface area (TPSA) is 28.4 Å². The fourth-order valence-electron chi connectivity index (χ4n) is 2.88. The van der Waals surface area contributed by atoms with Gasteiger partial charge in [-0.1, -0.05) is 32.0 Å². The standard InChI is InChI=1S/C19H27FN2O/c1-15(2)11-21(12-16(3)23)14-18-8-6-10-22(18)13-17-7-4-5-9-19(17)20/h4-10,15-16,23H,11-14H2,1-3H3/t16-/m1/s1. The van der Waals surface area contributed by atoms with Crippen LogP contribution in [0.1, 0.15) is 32.0 Å². The van der Waals surface area contributed by atoms with Crippen molar-refractivity contribution in [2.45, 2.75) is 40.0 Å². The number of nitrogens with zero attached hydrogens (tertiary/aromatic N) is 2. The summed E-state index contributed by atoms with van der Waals surface area (Å²) >= 11 is 0. The molecule has 0 aliphatic heterocycles. The highest BCUT2D eigenvalue weighted by atomic mass is 19.1. The fraction of sp³-hybridized carbons (Fsp3) is 0.474. The maximum atomic E-state index is 13.9. The van der Waals surface area contributed by atoms with Gasteiger partial charge in [0.15, 0.2) is 0 Å². The lowest BCUT2D eigenvalue weighted by atomic mass is 10.2. The van der Waals surface area contributed by atoms with E-state index in [4.69, 9.17) is 0 Å². The Morgan fingerprint density at radius 3 is 2.48 bits per heavy atom. The zero-order chi connectivity index (χ0) is 16.8. The van der Waals surface area contributed by atoms with Crippen LogP contribution < -0.4 is 0 Å². The second-order valence-electron chi connectivity index (χ2n) is 6.66. The highest BCUT2D eigenvalue weighted by Crippen LogP contribution is 2.14. The van der Waals surface area contributed by atoms with Crippen molar-refractivity contribution in [3.63, 3.8) is 0 Å². The summed E-state index contributed by atoms with van der Waals surface area (Å²) in [5.41, 5.74) is 1.82. The van der Waals surface area contributed by atoms with Crippen molar-refractivity contribution in [3.05, 3.63) is 59.7 Å². The van der Waals surface area contributed by atoms with Crippen molar-refractivity contribution in [3.8, 4) is 0 Å². The number of rotatable bonds is 8. The van der Waals surface area contributed by atoms with Gasteiger partial charge in [-0.25, -0.2) is 4.39 Å². The van der Waals surface area contributed by atoms with Gasteiger partial charge in [0.05, 0.1) is 12.6 Å². The quantitative estimate of drug-likeness (QED) is 0.807. The molecule has 0 aliphatic carbocycles. The largest absolute Gasteiger partial charge is 0.392 e. The lowest BCUT2D eigenvalue weighted by Gasteiger charge is -2.26. The predicted octanol–water partition coefficient (Wildman–Crippen LogP) is 3.51. The molecule has 2 rings (SSSR count). The zero-order valence-electron chi connectivity index (χ0n) is 14.2. The van der Waals surface area contributed by atoms with Gasteiger partial charge >= 0.3 is 0 Å². The van der Waals surface area contributed by atoms with Gasteiger partial charge in [0, 0.05) is 37.1 Å². The van der Waals surface area contributed by atoms with E-state index in [-0.39, 0.29) is 11.9 Å². The Labute approximate surface area is 138 Å². The molecule has 126 valence electrons. The Hall–Kier alpha value is -1.65. The third-order valence-electron chi connectivity index (χ3n) is 3.75. The fourth-order valence-corrected chi connectivity index (χ4v) is 2.88. The number of benzene rings is 1. The van der Waals surface area contributed by atoms with Gasteiger partial charge in [0.2, 0.25) is 0 Å². The third-order valence-corrected chi connectivity index (χ3v) is 3.75. The van der Waals surface area contributed by atoms with E-state index in [0.29, 0.717) is 24.6 Å². The second-order valence-corrected chi connectivity index (χ2v) is 6.66. The Balaban J connectivity index is 2.11. The van der Waals surface area contributed by atoms with Crippen LogP contribution in [-0.2, 0) is 13.1 Å². The molecule has 4 heteroatoms. The van der Waals surface area contributed by atoms with Crippen LogP contribution in [0.4, 0.5) is 4.39 Å². The first-order chi connectivity index (χ1) is 11.0. The van der Waals surface area contributed by atoms with Crippen molar-refractivity contribution < 1.29 is 9.50 Å². The number of aromatic nitrogens is 1. The Morgan fingerprint density at radius 1 is 1.09 bits per heavy atom. The number of aliphatic hydroxyl groups is 1. The minimum Gasteiger partial charge on any atom is -0.392 e. The van der Waals surface area contributed by atoms with Gasteiger partial charge in [-0.15, -0.1) is 0 Å². The van der Waals surface area contributed by atoms with Crippen molar-refractivity contribution in [2.75, 3.05) is 13.1 Å². The molecule has 0 saturated heterocycles. The number of halogens is 1. The first-order valence-corrected chi connectivity index (χ1v) is 8.23. The minimum absolute atomic E-state index is 0.171. The van der Waals surface area contributed by atoms with Crippen molar-refractivity contribution in [1.82, 2.24) is 9.47 Å². The summed E-state index contributed by atoms with van der Waals surface area (Å²) in [5, 5.41) is 9.71. The van der Waals surface area contributed by atoms with E-state index in [1.165, 1.54) is 6.07 Å². The normalized spacial score (nSPS) is 13.0. The van der Waals surface area contributed by atoms with Crippen LogP contribution in [-0.4, -0.2) is 33.8 Å². The van der Waals surface area contributed by atoms with E-state index in [1.807, 2.05) is 31.3 Å². The molecule has 0 bridgehead atoms. The monoisotopic (exact) mass is 318 g/mol. The van der Waals surface area contributed by atoms with E-state index < -0.39 is 0 Å². The molecule has 0 unspecified atom stereocenters. The molecule has 0 fully saturated rings. The molecule has 3 nitrogen and oxygen atoms in total. The first-order valence-electron chi connectivity index (χ1n) is 8.23. The highest BCUT2D eigenvalue weighted by molar-refractivity contribution is 5.19. The van der Waals surface area contributed by atoms with Crippen LogP contribution in [0.25, 0.3) is 0 Å². The second kappa shape index (κ2) is 8.27. The Bertz CT molecular complexity index is 597. The van der Waals surface area contributed by atoms with Gasteiger partial charge in [-0.3, -0.25) is 4.90 Å². The van der Waals surface area contributed by atoms with E-state index in [9.17, 15) is 9.50 Å². The van der Waals surface area contributed by atoms with Crippen LogP contribution in [0.3, 0.4) is 0 Å². The lowest BCUT2D eigenvalue weighted by molar-refractivity contribution is 0.113. The van der Waals surface area contributed by atoms with Crippen molar-refractivity contribution >= 4 is 0 Å². The van der Waals surface area contributed by atoms with E-state index in [1.54, 1.807) is 6.07 Å². The average Bonchev–Trinajstić information content (AvgIpc) is 2.87. The minimum atomic E-state index is -0.358. The summed E-state index contributed by atoms with van der Waals surface area (Å²) in [6.45, 7) is 9.01. The summed E-state index contributed by atoms with van der Waals surface area (Å²) in [5.74, 6) is 0.360. The van der Waals surface area contributed by atoms with Gasteiger partial charge < -0.3 is 9.67 Å². The average molecular weight is 318 g/mol. The highest BCUT2D eigenvalue weighted by Gasteiger charge is 2.13. The van der Waals surface area contributed by atoms with Gasteiger partial charge in [0.25, 0.3) is 0 Å². The summed E-state index contributed by atoms with van der Waals surface area (Å²) in [6.07, 6.45) is 1.63. The lowest BCUT2D eigenvalue weighted by Crippen LogP contribution is -2.34. The predicted molar refractivity (Wildman–Crippen MR) is 91.7 cm³/mol. The molecule has 1 N–H and O–H groups in total. The SMILES string of the molecule is CC(C)CN(Cc1cccn1Cc1ccccc1F)C[C@@H](C)O. The van der Waals surface area contributed by atoms with Crippen LogP contribution in [0.15, 0.2) is 42.6 Å². The molecule has 1 atom stereocenters. The molecule has 0 saturated carbocycles. The van der Waals surface area contributed by atoms with E-state index >= 15 is 0 Å². The maximum Gasteiger partial charge on any atom is 0.128 e. The summed E-state index contributed by atoms with van der Waals surface area (Å²) in [6, 6.07) is 10.9. The third kappa shape index (κ3) is 5.48.